The lowest BCUT2D eigenvalue weighted by atomic mass is 9.88. The van der Waals surface area contributed by atoms with Gasteiger partial charge in [0.1, 0.15) is 5.60 Å². The molecule has 2 aromatic rings. The van der Waals surface area contributed by atoms with Gasteiger partial charge in [-0.3, -0.25) is 14.7 Å². The lowest BCUT2D eigenvalue weighted by Crippen LogP contribution is -2.63. The first kappa shape index (κ1) is 17.2. The summed E-state index contributed by atoms with van der Waals surface area (Å²) < 4.78 is 6.13. The molecule has 1 aromatic heterocycles. The number of aromatic nitrogens is 1. The van der Waals surface area contributed by atoms with Crippen molar-refractivity contribution in [2.75, 3.05) is 26.7 Å². The highest BCUT2D eigenvalue weighted by Crippen LogP contribution is 2.37. The molecular formula is C21H25N3O2. The van der Waals surface area contributed by atoms with Gasteiger partial charge in [-0.1, -0.05) is 30.3 Å². The maximum absolute atomic E-state index is 12.6. The number of hydrogen-bond donors (Lipinski definition) is 0. The number of aryl methyl sites for hydroxylation is 1. The molecule has 2 saturated heterocycles. The van der Waals surface area contributed by atoms with Crippen molar-refractivity contribution in [2.24, 2.45) is 0 Å². The van der Waals surface area contributed by atoms with Crippen molar-refractivity contribution in [1.82, 2.24) is 14.8 Å². The molecule has 0 radical (unpaired) electrons. The summed E-state index contributed by atoms with van der Waals surface area (Å²) in [6.45, 7) is 4.93. The van der Waals surface area contributed by atoms with Crippen LogP contribution in [0.3, 0.4) is 0 Å². The fourth-order valence-corrected chi connectivity index (χ4v) is 3.89. The first-order chi connectivity index (χ1) is 12.5. The Labute approximate surface area is 154 Å². The van der Waals surface area contributed by atoms with Gasteiger partial charge >= 0.3 is 0 Å². The molecule has 4 rings (SSSR count). The minimum Gasteiger partial charge on any atom is -0.370 e. The Balaban J connectivity index is 1.32. The Morgan fingerprint density at radius 1 is 1.27 bits per heavy atom. The van der Waals surface area contributed by atoms with Crippen LogP contribution in [0, 0.1) is 6.92 Å². The first-order valence-corrected chi connectivity index (χ1v) is 9.15. The van der Waals surface area contributed by atoms with Crippen LogP contribution in [0.15, 0.2) is 48.7 Å². The smallest absolute Gasteiger partial charge is 0.255 e. The van der Waals surface area contributed by atoms with E-state index in [1.54, 1.807) is 6.20 Å². The van der Waals surface area contributed by atoms with Crippen molar-refractivity contribution in [3.8, 4) is 0 Å². The van der Waals surface area contributed by atoms with E-state index in [0.29, 0.717) is 24.7 Å². The second-order valence-corrected chi connectivity index (χ2v) is 7.60. The number of benzene rings is 1. The Bertz CT molecular complexity index is 770. The van der Waals surface area contributed by atoms with Crippen molar-refractivity contribution in [2.45, 2.75) is 31.5 Å². The van der Waals surface area contributed by atoms with Crippen LogP contribution in [0.4, 0.5) is 0 Å². The van der Waals surface area contributed by atoms with E-state index in [1.165, 1.54) is 5.56 Å². The summed E-state index contributed by atoms with van der Waals surface area (Å²) in [7, 11) is 2.15. The Morgan fingerprint density at radius 2 is 2.04 bits per heavy atom. The molecule has 1 unspecified atom stereocenters. The zero-order chi connectivity index (χ0) is 18.1. The number of hydrogen-bond acceptors (Lipinski definition) is 4. The molecule has 3 heterocycles. The van der Waals surface area contributed by atoms with E-state index < -0.39 is 0 Å². The predicted molar refractivity (Wildman–Crippen MR) is 99.9 cm³/mol. The van der Waals surface area contributed by atoms with Crippen LogP contribution in [-0.2, 0) is 11.3 Å². The maximum atomic E-state index is 12.6. The fraction of sp³-hybridized carbons (Fsp3) is 0.429. The monoisotopic (exact) mass is 351 g/mol. The minimum absolute atomic E-state index is 0.0489. The molecule has 0 saturated carbocycles. The van der Waals surface area contributed by atoms with Gasteiger partial charge in [-0.25, -0.2) is 0 Å². The quantitative estimate of drug-likeness (QED) is 0.849. The van der Waals surface area contributed by atoms with E-state index in [-0.39, 0.29) is 11.5 Å². The average molecular weight is 351 g/mol. The lowest BCUT2D eigenvalue weighted by Gasteiger charge is -2.47. The molecule has 2 fully saturated rings. The molecule has 0 N–H and O–H groups in total. The summed E-state index contributed by atoms with van der Waals surface area (Å²) in [5.74, 6) is 0.0489. The molecular weight excluding hydrogens is 326 g/mol. The highest BCUT2D eigenvalue weighted by molar-refractivity contribution is 5.94. The molecule has 5 nitrogen and oxygen atoms in total. The number of amides is 1. The summed E-state index contributed by atoms with van der Waals surface area (Å²) in [5.41, 5.74) is 2.73. The molecule has 1 spiro atoms. The standard InChI is InChI=1S/C21H25N3O2/c1-16-8-9-18(11-22-16)20(25)24-14-21(15-24)10-19(13-26-21)23(2)12-17-6-4-3-5-7-17/h3-9,11,19H,10,12-15H2,1-2H3. The number of pyridine rings is 1. The number of carbonyl (C=O) groups excluding carboxylic acids is 1. The van der Waals surface area contributed by atoms with Gasteiger partial charge < -0.3 is 9.64 Å². The van der Waals surface area contributed by atoms with E-state index in [1.807, 2.05) is 30.0 Å². The minimum atomic E-state index is -0.163. The molecule has 26 heavy (non-hydrogen) atoms. The molecule has 2 aliphatic heterocycles. The zero-order valence-corrected chi connectivity index (χ0v) is 15.4. The Morgan fingerprint density at radius 3 is 2.73 bits per heavy atom. The van der Waals surface area contributed by atoms with Gasteiger partial charge in [0.2, 0.25) is 0 Å². The normalized spacial score (nSPS) is 21.2. The second kappa shape index (κ2) is 6.82. The van der Waals surface area contributed by atoms with Gasteiger partial charge in [0.05, 0.1) is 25.3 Å². The molecule has 5 heteroatoms. The van der Waals surface area contributed by atoms with E-state index in [0.717, 1.165) is 25.3 Å². The third kappa shape index (κ3) is 3.37. The molecule has 136 valence electrons. The summed E-state index contributed by atoms with van der Waals surface area (Å²) >= 11 is 0. The number of nitrogens with zero attached hydrogens (tertiary/aromatic N) is 3. The van der Waals surface area contributed by atoms with Gasteiger partial charge in [-0.15, -0.1) is 0 Å². The van der Waals surface area contributed by atoms with E-state index in [4.69, 9.17) is 4.74 Å². The SMILES string of the molecule is Cc1ccc(C(=O)N2CC3(CC(N(C)Cc4ccccc4)CO3)C2)cn1. The summed E-state index contributed by atoms with van der Waals surface area (Å²) in [6, 6.07) is 14.6. The number of carbonyl (C=O) groups is 1. The fourth-order valence-electron chi connectivity index (χ4n) is 3.89. The lowest BCUT2D eigenvalue weighted by molar-refractivity contribution is -0.0950. The van der Waals surface area contributed by atoms with Crippen molar-refractivity contribution in [3.63, 3.8) is 0 Å². The largest absolute Gasteiger partial charge is 0.370 e. The predicted octanol–water partition coefficient (Wildman–Crippen LogP) is 2.51. The molecule has 1 atom stereocenters. The van der Waals surface area contributed by atoms with Crippen molar-refractivity contribution < 1.29 is 9.53 Å². The van der Waals surface area contributed by atoms with Crippen molar-refractivity contribution >= 4 is 5.91 Å². The first-order valence-electron chi connectivity index (χ1n) is 9.15. The highest BCUT2D eigenvalue weighted by atomic mass is 16.5. The van der Waals surface area contributed by atoms with E-state index in [9.17, 15) is 4.79 Å². The van der Waals surface area contributed by atoms with Gasteiger partial charge in [0, 0.05) is 24.5 Å². The molecule has 1 amide bonds. The van der Waals surface area contributed by atoms with E-state index in [2.05, 4.69) is 41.2 Å². The number of likely N-dealkylation sites (tertiary alicyclic amines) is 1. The van der Waals surface area contributed by atoms with Gasteiger partial charge in [-0.05, 0) is 38.1 Å². The topological polar surface area (TPSA) is 45.7 Å². The summed E-state index contributed by atoms with van der Waals surface area (Å²) in [4.78, 5) is 21.0. The molecule has 0 aliphatic carbocycles. The van der Waals surface area contributed by atoms with Crippen LogP contribution >= 0.6 is 0 Å². The Kier molecular flexibility index (Phi) is 4.51. The third-order valence-corrected chi connectivity index (χ3v) is 5.49. The highest BCUT2D eigenvalue weighted by Gasteiger charge is 2.52. The average Bonchev–Trinajstić information content (AvgIpc) is 3.07. The van der Waals surface area contributed by atoms with Gasteiger partial charge in [-0.2, -0.15) is 0 Å². The van der Waals surface area contributed by atoms with E-state index >= 15 is 0 Å². The third-order valence-electron chi connectivity index (χ3n) is 5.49. The zero-order valence-electron chi connectivity index (χ0n) is 15.4. The molecule has 2 aliphatic rings. The van der Waals surface area contributed by atoms with Crippen LogP contribution in [0.1, 0.15) is 28.0 Å². The number of likely N-dealkylation sites (N-methyl/N-ethyl adjacent to an activating group) is 1. The van der Waals surface area contributed by atoms with Crippen molar-refractivity contribution in [3.05, 3.63) is 65.5 Å². The number of rotatable bonds is 4. The van der Waals surface area contributed by atoms with Crippen LogP contribution in [0.25, 0.3) is 0 Å². The van der Waals surface area contributed by atoms with Gasteiger partial charge in [0.15, 0.2) is 0 Å². The van der Waals surface area contributed by atoms with Gasteiger partial charge in [0.25, 0.3) is 5.91 Å². The van der Waals surface area contributed by atoms with Crippen LogP contribution in [0.5, 0.6) is 0 Å². The van der Waals surface area contributed by atoms with Crippen LogP contribution in [-0.4, -0.2) is 59.1 Å². The van der Waals surface area contributed by atoms with Crippen LogP contribution < -0.4 is 0 Å². The maximum Gasteiger partial charge on any atom is 0.255 e. The summed E-state index contributed by atoms with van der Waals surface area (Å²) in [5, 5.41) is 0. The molecule has 0 bridgehead atoms. The Hall–Kier alpha value is -2.24. The van der Waals surface area contributed by atoms with Crippen molar-refractivity contribution in [1.29, 1.82) is 0 Å². The van der Waals surface area contributed by atoms with Crippen LogP contribution in [0.2, 0.25) is 0 Å². The second-order valence-electron chi connectivity index (χ2n) is 7.60. The summed E-state index contributed by atoms with van der Waals surface area (Å²) in [6.07, 6.45) is 2.64. The molecule has 1 aromatic carbocycles. The number of ether oxygens (including phenoxy) is 1.